The first-order valence-corrected chi connectivity index (χ1v) is 12.7. The summed E-state index contributed by atoms with van der Waals surface area (Å²) < 4.78 is 29.9. The van der Waals surface area contributed by atoms with Gasteiger partial charge in [-0.05, 0) is 43.2 Å². The van der Waals surface area contributed by atoms with Crippen LogP contribution < -0.4 is 0 Å². The summed E-state index contributed by atoms with van der Waals surface area (Å²) in [5, 5.41) is 12.0. The van der Waals surface area contributed by atoms with E-state index in [1.54, 1.807) is 18.8 Å². The first kappa shape index (κ1) is 21.6. The smallest absolute Gasteiger partial charge is 0.156 e. The number of fused-ring (bicyclic) bond motifs is 1. The van der Waals surface area contributed by atoms with Crippen LogP contribution in [-0.4, -0.2) is 52.0 Å². The molecule has 0 aromatic heterocycles. The van der Waals surface area contributed by atoms with Crippen molar-refractivity contribution in [1.29, 1.82) is 0 Å². The Morgan fingerprint density at radius 1 is 1.13 bits per heavy atom. The summed E-state index contributed by atoms with van der Waals surface area (Å²) in [6, 6.07) is 19.1. The van der Waals surface area contributed by atoms with Crippen molar-refractivity contribution >= 4 is 21.5 Å². The minimum absolute atomic E-state index is 0.00708. The molecular formula is C23H27NO4S2. The molecule has 2 aromatic carbocycles. The van der Waals surface area contributed by atoms with E-state index in [-0.39, 0.29) is 24.3 Å². The SMILES string of the molecule is CN=S(=O)(CC(O)(CSc1ccccc1)C1=CCC2OC(C)OC12)c1ccccc1. The van der Waals surface area contributed by atoms with Crippen LogP contribution in [0.25, 0.3) is 0 Å². The van der Waals surface area contributed by atoms with Crippen molar-refractivity contribution < 1.29 is 18.8 Å². The van der Waals surface area contributed by atoms with Gasteiger partial charge >= 0.3 is 0 Å². The molecule has 0 radical (unpaired) electrons. The molecule has 0 amide bonds. The van der Waals surface area contributed by atoms with Gasteiger partial charge in [0.25, 0.3) is 0 Å². The Bertz CT molecular complexity index is 1020. The zero-order chi connectivity index (χ0) is 21.2. The van der Waals surface area contributed by atoms with E-state index in [4.69, 9.17) is 9.47 Å². The van der Waals surface area contributed by atoms with Gasteiger partial charge in [-0.15, -0.1) is 11.8 Å². The van der Waals surface area contributed by atoms with Crippen molar-refractivity contribution in [2.24, 2.45) is 4.36 Å². The van der Waals surface area contributed by atoms with Crippen LogP contribution in [0.3, 0.4) is 0 Å². The van der Waals surface area contributed by atoms with Gasteiger partial charge < -0.3 is 14.6 Å². The Labute approximate surface area is 182 Å². The van der Waals surface area contributed by atoms with Gasteiger partial charge in [0.15, 0.2) is 6.29 Å². The summed E-state index contributed by atoms with van der Waals surface area (Å²) in [5.74, 6) is 0.357. The molecule has 0 saturated carbocycles. The molecule has 7 heteroatoms. The van der Waals surface area contributed by atoms with Gasteiger partial charge in [0.05, 0.1) is 21.6 Å². The number of ether oxygens (including phenoxy) is 2. The van der Waals surface area contributed by atoms with Crippen molar-refractivity contribution in [3.63, 3.8) is 0 Å². The summed E-state index contributed by atoms with van der Waals surface area (Å²) in [7, 11) is -1.26. The van der Waals surface area contributed by atoms with Crippen LogP contribution in [0, 0.1) is 0 Å². The Kier molecular flexibility index (Phi) is 6.36. The maximum absolute atomic E-state index is 13.9. The molecule has 30 heavy (non-hydrogen) atoms. The zero-order valence-corrected chi connectivity index (χ0v) is 18.8. The topological polar surface area (TPSA) is 68.1 Å². The van der Waals surface area contributed by atoms with Crippen molar-refractivity contribution in [3.05, 3.63) is 72.3 Å². The fraction of sp³-hybridized carbons (Fsp3) is 0.391. The van der Waals surface area contributed by atoms with E-state index in [0.717, 1.165) is 10.5 Å². The predicted octanol–water partition coefficient (Wildman–Crippen LogP) is 4.13. The maximum Gasteiger partial charge on any atom is 0.156 e. The lowest BCUT2D eigenvalue weighted by Crippen LogP contribution is -2.45. The molecule has 2 aromatic rings. The van der Waals surface area contributed by atoms with E-state index < -0.39 is 15.3 Å². The molecule has 1 fully saturated rings. The molecule has 1 aliphatic carbocycles. The summed E-state index contributed by atoms with van der Waals surface area (Å²) >= 11 is 1.54. The first-order chi connectivity index (χ1) is 14.4. The van der Waals surface area contributed by atoms with Gasteiger partial charge in [-0.2, -0.15) is 0 Å². The molecule has 1 aliphatic heterocycles. The van der Waals surface area contributed by atoms with E-state index in [1.807, 2.05) is 73.7 Å². The number of aliphatic hydroxyl groups is 1. The molecule has 0 bridgehead atoms. The highest BCUT2D eigenvalue weighted by Crippen LogP contribution is 2.41. The Morgan fingerprint density at radius 3 is 2.47 bits per heavy atom. The molecule has 1 saturated heterocycles. The van der Waals surface area contributed by atoms with Gasteiger partial charge in [-0.1, -0.05) is 42.5 Å². The number of hydrogen-bond acceptors (Lipinski definition) is 6. The molecule has 5 unspecified atom stereocenters. The lowest BCUT2D eigenvalue weighted by molar-refractivity contribution is -0.0520. The highest BCUT2D eigenvalue weighted by atomic mass is 32.2. The van der Waals surface area contributed by atoms with Crippen LogP contribution in [0.15, 0.2) is 86.5 Å². The number of benzene rings is 2. The van der Waals surface area contributed by atoms with Gasteiger partial charge in [-0.3, -0.25) is 0 Å². The molecule has 0 spiro atoms. The van der Waals surface area contributed by atoms with Crippen LogP contribution in [0.2, 0.25) is 0 Å². The second kappa shape index (κ2) is 8.85. The minimum Gasteiger partial charge on any atom is -0.384 e. The van der Waals surface area contributed by atoms with Gasteiger partial charge in [0.1, 0.15) is 11.7 Å². The average molecular weight is 446 g/mol. The molecule has 160 valence electrons. The third-order valence-electron chi connectivity index (χ3n) is 5.52. The molecule has 1 heterocycles. The van der Waals surface area contributed by atoms with E-state index in [9.17, 15) is 9.32 Å². The molecule has 1 N–H and O–H groups in total. The lowest BCUT2D eigenvalue weighted by atomic mass is 9.94. The summed E-state index contributed by atoms with van der Waals surface area (Å²) in [5.41, 5.74) is -0.590. The maximum atomic E-state index is 13.9. The van der Waals surface area contributed by atoms with Gasteiger partial charge in [0.2, 0.25) is 0 Å². The number of thioether (sulfide) groups is 1. The van der Waals surface area contributed by atoms with E-state index in [0.29, 0.717) is 17.1 Å². The normalized spacial score (nSPS) is 27.0. The van der Waals surface area contributed by atoms with Crippen molar-refractivity contribution in [1.82, 2.24) is 0 Å². The van der Waals surface area contributed by atoms with Crippen molar-refractivity contribution in [3.8, 4) is 0 Å². The van der Waals surface area contributed by atoms with Crippen LogP contribution in [0.4, 0.5) is 0 Å². The minimum atomic E-state index is -2.82. The first-order valence-electron chi connectivity index (χ1n) is 10.0. The fourth-order valence-corrected chi connectivity index (χ4v) is 7.21. The Morgan fingerprint density at radius 2 is 1.80 bits per heavy atom. The number of hydrogen-bond donors (Lipinski definition) is 1. The largest absolute Gasteiger partial charge is 0.384 e. The van der Waals surface area contributed by atoms with Crippen LogP contribution >= 0.6 is 11.8 Å². The molecular weight excluding hydrogens is 418 g/mol. The predicted molar refractivity (Wildman–Crippen MR) is 120 cm³/mol. The zero-order valence-electron chi connectivity index (χ0n) is 17.1. The second-order valence-electron chi connectivity index (χ2n) is 7.61. The van der Waals surface area contributed by atoms with Crippen LogP contribution in [-0.2, 0) is 19.2 Å². The van der Waals surface area contributed by atoms with Crippen LogP contribution in [0.1, 0.15) is 13.3 Å². The van der Waals surface area contributed by atoms with E-state index >= 15 is 0 Å². The van der Waals surface area contributed by atoms with Gasteiger partial charge in [-0.25, -0.2) is 8.57 Å². The van der Waals surface area contributed by atoms with Gasteiger partial charge in [0, 0.05) is 22.6 Å². The standard InChI is InChI=1S/C23H27NO4S2/c1-17-27-21-14-13-20(22(21)28-17)23(25,15-29-18-9-5-3-6-10-18)16-30(26,24-2)19-11-7-4-8-12-19/h3-13,17,21-22,25H,14-16H2,1-2H3. The van der Waals surface area contributed by atoms with Crippen molar-refractivity contribution in [2.45, 2.75) is 47.2 Å². The monoisotopic (exact) mass is 445 g/mol. The fourth-order valence-electron chi connectivity index (χ4n) is 4.05. The molecule has 5 atom stereocenters. The van der Waals surface area contributed by atoms with Crippen molar-refractivity contribution in [2.75, 3.05) is 18.6 Å². The molecule has 4 rings (SSSR count). The second-order valence-corrected chi connectivity index (χ2v) is 11.1. The third-order valence-corrected chi connectivity index (χ3v) is 9.21. The quantitative estimate of drug-likeness (QED) is 0.513. The van der Waals surface area contributed by atoms with E-state index in [1.165, 1.54) is 0 Å². The Balaban J connectivity index is 1.67. The van der Waals surface area contributed by atoms with Crippen LogP contribution in [0.5, 0.6) is 0 Å². The summed E-state index contributed by atoms with van der Waals surface area (Å²) in [4.78, 5) is 1.67. The van der Waals surface area contributed by atoms with E-state index in [2.05, 4.69) is 4.36 Å². The highest BCUT2D eigenvalue weighted by molar-refractivity contribution is 7.99. The highest BCUT2D eigenvalue weighted by Gasteiger charge is 2.49. The summed E-state index contributed by atoms with van der Waals surface area (Å²) in [6.45, 7) is 1.86. The number of rotatable bonds is 7. The third kappa shape index (κ3) is 4.36. The summed E-state index contributed by atoms with van der Waals surface area (Å²) in [6.07, 6.45) is 1.93. The Hall–Kier alpha value is -1.64. The molecule has 5 nitrogen and oxygen atoms in total. The number of nitrogens with zero attached hydrogens (tertiary/aromatic N) is 1. The average Bonchev–Trinajstić information content (AvgIpc) is 3.33. The molecule has 2 aliphatic rings. The lowest BCUT2D eigenvalue weighted by Gasteiger charge is -2.33.